The van der Waals surface area contributed by atoms with Gasteiger partial charge in [0, 0.05) is 5.54 Å². The summed E-state index contributed by atoms with van der Waals surface area (Å²) in [5, 5.41) is 6.75. The van der Waals surface area contributed by atoms with Gasteiger partial charge in [-0.25, -0.2) is 0 Å². The number of benzene rings is 1. The molecule has 5 rings (SSSR count). The summed E-state index contributed by atoms with van der Waals surface area (Å²) in [6.07, 6.45) is 8.02. The van der Waals surface area contributed by atoms with Crippen molar-refractivity contribution >= 4 is 11.6 Å². The Labute approximate surface area is 144 Å². The van der Waals surface area contributed by atoms with E-state index in [1.165, 1.54) is 38.5 Å². The first kappa shape index (κ1) is 15.9. The van der Waals surface area contributed by atoms with Crippen LogP contribution < -0.4 is 15.4 Å². The number of methoxy groups -OCH3 is 1. The van der Waals surface area contributed by atoms with Crippen LogP contribution in [0.3, 0.4) is 0 Å². The van der Waals surface area contributed by atoms with Crippen LogP contribution in [0.2, 0.25) is 0 Å². The molecule has 4 saturated carbocycles. The van der Waals surface area contributed by atoms with Crippen LogP contribution in [0.15, 0.2) is 24.3 Å². The first-order valence-electron chi connectivity index (χ1n) is 9.28. The molecule has 0 saturated heterocycles. The minimum absolute atomic E-state index is 0.0234. The van der Waals surface area contributed by atoms with Gasteiger partial charge in [0.15, 0.2) is 0 Å². The molecule has 0 heterocycles. The van der Waals surface area contributed by atoms with Crippen molar-refractivity contribution in [1.29, 1.82) is 0 Å². The van der Waals surface area contributed by atoms with E-state index in [-0.39, 0.29) is 17.5 Å². The summed E-state index contributed by atoms with van der Waals surface area (Å²) >= 11 is 0. The first-order chi connectivity index (χ1) is 11.6. The number of nitrogens with one attached hydrogen (secondary N) is 2. The Hall–Kier alpha value is -1.55. The zero-order valence-electron chi connectivity index (χ0n) is 14.7. The van der Waals surface area contributed by atoms with Crippen LogP contribution in [0.4, 0.5) is 5.69 Å². The molecule has 4 aliphatic rings. The van der Waals surface area contributed by atoms with Gasteiger partial charge in [0.2, 0.25) is 5.91 Å². The molecule has 130 valence electrons. The number of amides is 1. The van der Waals surface area contributed by atoms with Gasteiger partial charge in [0.1, 0.15) is 5.75 Å². The normalized spacial score (nSPS) is 34.8. The number of ether oxygens (including phenoxy) is 1. The maximum atomic E-state index is 12.7. The van der Waals surface area contributed by atoms with Crippen molar-refractivity contribution in [2.24, 2.45) is 17.8 Å². The van der Waals surface area contributed by atoms with Gasteiger partial charge in [-0.15, -0.1) is 0 Å². The average Bonchev–Trinajstić information content (AvgIpc) is 2.53. The summed E-state index contributed by atoms with van der Waals surface area (Å²) in [6, 6.07) is 7.38. The zero-order chi connectivity index (χ0) is 16.7. The summed E-state index contributed by atoms with van der Waals surface area (Å²) in [5.41, 5.74) is 0.941. The fourth-order valence-electron chi connectivity index (χ4n) is 5.80. The van der Waals surface area contributed by atoms with E-state index in [4.69, 9.17) is 4.74 Å². The third kappa shape index (κ3) is 2.92. The molecule has 0 unspecified atom stereocenters. The van der Waals surface area contributed by atoms with Gasteiger partial charge in [-0.2, -0.15) is 0 Å². The Morgan fingerprint density at radius 1 is 1.12 bits per heavy atom. The van der Waals surface area contributed by atoms with Crippen LogP contribution in [0, 0.1) is 17.8 Å². The molecule has 1 aromatic rings. The van der Waals surface area contributed by atoms with Gasteiger partial charge in [-0.1, -0.05) is 12.1 Å². The van der Waals surface area contributed by atoms with E-state index in [9.17, 15) is 4.79 Å². The number of carbonyl (C=O) groups is 1. The summed E-state index contributed by atoms with van der Waals surface area (Å²) in [6.45, 7) is 1.99. The molecule has 0 spiro atoms. The fraction of sp³-hybridized carbons (Fsp3) is 0.650. The molecule has 0 radical (unpaired) electrons. The van der Waals surface area contributed by atoms with Crippen molar-refractivity contribution in [2.45, 2.75) is 57.0 Å². The predicted molar refractivity (Wildman–Crippen MR) is 95.1 cm³/mol. The second kappa shape index (κ2) is 6.07. The zero-order valence-corrected chi connectivity index (χ0v) is 14.7. The quantitative estimate of drug-likeness (QED) is 0.868. The predicted octanol–water partition coefficient (Wildman–Crippen LogP) is 3.58. The summed E-state index contributed by atoms with van der Waals surface area (Å²) in [4.78, 5) is 12.7. The number of hydrogen-bond acceptors (Lipinski definition) is 3. The largest absolute Gasteiger partial charge is 0.495 e. The number of rotatable bonds is 5. The Morgan fingerprint density at radius 3 is 2.29 bits per heavy atom. The van der Waals surface area contributed by atoms with Crippen LogP contribution in [0.25, 0.3) is 0 Å². The average molecular weight is 328 g/mol. The van der Waals surface area contributed by atoms with Crippen molar-refractivity contribution in [1.82, 2.24) is 5.32 Å². The van der Waals surface area contributed by atoms with Crippen molar-refractivity contribution in [3.63, 3.8) is 0 Å². The monoisotopic (exact) mass is 328 g/mol. The van der Waals surface area contributed by atoms with Gasteiger partial charge in [-0.05, 0) is 75.3 Å². The van der Waals surface area contributed by atoms with Crippen LogP contribution in [0.1, 0.15) is 45.4 Å². The van der Waals surface area contributed by atoms with Gasteiger partial charge in [0.05, 0.1) is 18.8 Å². The van der Waals surface area contributed by atoms with E-state index in [2.05, 4.69) is 10.6 Å². The molecule has 1 aromatic carbocycles. The van der Waals surface area contributed by atoms with Gasteiger partial charge >= 0.3 is 0 Å². The first-order valence-corrected chi connectivity index (χ1v) is 9.28. The molecular formula is C20H28N2O2. The number of hydrogen-bond donors (Lipinski definition) is 2. The molecule has 4 heteroatoms. The van der Waals surface area contributed by atoms with E-state index >= 15 is 0 Å². The van der Waals surface area contributed by atoms with Gasteiger partial charge in [0.25, 0.3) is 0 Å². The van der Waals surface area contributed by atoms with Crippen molar-refractivity contribution < 1.29 is 9.53 Å². The lowest BCUT2D eigenvalue weighted by molar-refractivity contribution is -0.119. The topological polar surface area (TPSA) is 50.4 Å². The molecule has 4 fully saturated rings. The highest BCUT2D eigenvalue weighted by Gasteiger charge is 2.51. The van der Waals surface area contributed by atoms with Crippen LogP contribution in [-0.2, 0) is 4.79 Å². The van der Waals surface area contributed by atoms with E-state index < -0.39 is 0 Å². The van der Waals surface area contributed by atoms with Crippen molar-refractivity contribution in [3.8, 4) is 5.75 Å². The lowest BCUT2D eigenvalue weighted by Crippen LogP contribution is -2.62. The summed E-state index contributed by atoms with van der Waals surface area (Å²) in [5.74, 6) is 3.37. The third-order valence-corrected chi connectivity index (χ3v) is 6.32. The molecule has 0 aliphatic heterocycles. The van der Waals surface area contributed by atoms with Gasteiger partial charge < -0.3 is 15.4 Å². The summed E-state index contributed by atoms with van der Waals surface area (Å²) in [7, 11) is 1.63. The van der Waals surface area contributed by atoms with E-state index in [0.717, 1.165) is 23.4 Å². The van der Waals surface area contributed by atoms with E-state index in [0.29, 0.717) is 5.75 Å². The standard InChI is InChI=1S/C20H28N2O2/c1-13(19(23)21-17-5-3-4-6-18(17)24-2)22-20-10-14-7-15(11-20)9-16(8-14)12-20/h3-6,13-16,22H,7-12H2,1-2H3,(H,21,23)/t13-,14?,15?,16?,20?/m0/s1. The molecule has 4 nitrogen and oxygen atoms in total. The van der Waals surface area contributed by atoms with Crippen molar-refractivity contribution in [2.75, 3.05) is 12.4 Å². The number of para-hydroxylation sites is 2. The molecule has 4 bridgehead atoms. The Kier molecular flexibility index (Phi) is 4.03. The second-order valence-corrected chi connectivity index (χ2v) is 8.25. The fourth-order valence-corrected chi connectivity index (χ4v) is 5.80. The highest BCUT2D eigenvalue weighted by molar-refractivity contribution is 5.95. The second-order valence-electron chi connectivity index (χ2n) is 8.25. The number of carbonyl (C=O) groups excluding carboxylic acids is 1. The molecule has 24 heavy (non-hydrogen) atoms. The molecule has 2 N–H and O–H groups in total. The minimum atomic E-state index is -0.189. The maximum absolute atomic E-state index is 12.7. The highest BCUT2D eigenvalue weighted by Crippen LogP contribution is 2.55. The molecular weight excluding hydrogens is 300 g/mol. The van der Waals surface area contributed by atoms with Gasteiger partial charge in [-0.3, -0.25) is 4.79 Å². The number of anilines is 1. The Bertz CT molecular complexity index is 593. The van der Waals surface area contributed by atoms with Crippen molar-refractivity contribution in [3.05, 3.63) is 24.3 Å². The van der Waals surface area contributed by atoms with Crippen LogP contribution >= 0.6 is 0 Å². The van der Waals surface area contributed by atoms with E-state index in [1.54, 1.807) is 7.11 Å². The Balaban J connectivity index is 1.42. The smallest absolute Gasteiger partial charge is 0.241 e. The van der Waals surface area contributed by atoms with E-state index in [1.807, 2.05) is 31.2 Å². The van der Waals surface area contributed by atoms with Crippen LogP contribution in [-0.4, -0.2) is 24.6 Å². The minimum Gasteiger partial charge on any atom is -0.495 e. The third-order valence-electron chi connectivity index (χ3n) is 6.32. The SMILES string of the molecule is COc1ccccc1NC(=O)[C@H](C)NC12CC3CC(CC(C3)C1)C2. The lowest BCUT2D eigenvalue weighted by Gasteiger charge is -2.57. The highest BCUT2D eigenvalue weighted by atomic mass is 16.5. The summed E-state index contributed by atoms with van der Waals surface area (Å²) < 4.78 is 5.32. The molecule has 4 aliphatic carbocycles. The van der Waals surface area contributed by atoms with Crippen LogP contribution in [0.5, 0.6) is 5.75 Å². The molecule has 0 aromatic heterocycles. The lowest BCUT2D eigenvalue weighted by atomic mass is 9.53. The molecule has 1 atom stereocenters. The molecule has 1 amide bonds. The maximum Gasteiger partial charge on any atom is 0.241 e. The Morgan fingerprint density at radius 2 is 1.71 bits per heavy atom.